The van der Waals surface area contributed by atoms with Crippen molar-refractivity contribution in [2.75, 3.05) is 20.8 Å². The van der Waals surface area contributed by atoms with Gasteiger partial charge in [-0.2, -0.15) is 0 Å². The summed E-state index contributed by atoms with van der Waals surface area (Å²) in [6.45, 7) is 0.721. The van der Waals surface area contributed by atoms with Gasteiger partial charge in [0.15, 0.2) is 11.5 Å². The van der Waals surface area contributed by atoms with Crippen LogP contribution in [0.2, 0.25) is 0 Å². The summed E-state index contributed by atoms with van der Waals surface area (Å²) in [7, 11) is 3.12. The Morgan fingerprint density at radius 3 is 2.57 bits per heavy atom. The molecule has 1 aliphatic carbocycles. The number of para-hydroxylation sites is 1. The molecule has 0 bridgehead atoms. The van der Waals surface area contributed by atoms with Crippen molar-refractivity contribution in [3.05, 3.63) is 23.8 Å². The zero-order valence-electron chi connectivity index (χ0n) is 12.5. The van der Waals surface area contributed by atoms with Crippen LogP contribution in [0.3, 0.4) is 0 Å². The Bertz CT molecular complexity index is 484. The number of benzene rings is 1. The molecule has 0 radical (unpaired) electrons. The highest BCUT2D eigenvalue weighted by molar-refractivity contribution is 9.09. The second-order valence-corrected chi connectivity index (χ2v) is 6.66. The van der Waals surface area contributed by atoms with Crippen LogP contribution in [0.15, 0.2) is 18.2 Å². The molecule has 4 nitrogen and oxygen atoms in total. The topological polar surface area (TPSA) is 47.6 Å². The van der Waals surface area contributed by atoms with Crippen molar-refractivity contribution >= 4 is 21.8 Å². The van der Waals surface area contributed by atoms with Crippen LogP contribution in [0.25, 0.3) is 0 Å². The molecule has 0 heterocycles. The lowest BCUT2D eigenvalue weighted by molar-refractivity contribution is 0.0940. The van der Waals surface area contributed by atoms with Gasteiger partial charge in [0, 0.05) is 11.4 Å². The van der Waals surface area contributed by atoms with E-state index in [4.69, 9.17) is 9.47 Å². The zero-order valence-corrected chi connectivity index (χ0v) is 14.1. The highest BCUT2D eigenvalue weighted by Crippen LogP contribution is 2.31. The van der Waals surface area contributed by atoms with Gasteiger partial charge in [-0.1, -0.05) is 22.0 Å². The number of amides is 1. The molecule has 0 spiro atoms. The van der Waals surface area contributed by atoms with E-state index in [0.29, 0.717) is 27.8 Å². The largest absolute Gasteiger partial charge is 0.493 e. The monoisotopic (exact) mass is 355 g/mol. The molecule has 2 rings (SSSR count). The Balaban J connectivity index is 1.97. The second kappa shape index (κ2) is 7.69. The summed E-state index contributed by atoms with van der Waals surface area (Å²) in [5.74, 6) is 1.53. The summed E-state index contributed by atoms with van der Waals surface area (Å²) >= 11 is 3.65. The molecule has 0 saturated heterocycles. The van der Waals surface area contributed by atoms with Gasteiger partial charge in [-0.25, -0.2) is 0 Å². The van der Waals surface area contributed by atoms with Crippen molar-refractivity contribution in [2.45, 2.75) is 30.5 Å². The van der Waals surface area contributed by atoms with Gasteiger partial charge < -0.3 is 14.8 Å². The highest BCUT2D eigenvalue weighted by Gasteiger charge is 2.21. The van der Waals surface area contributed by atoms with E-state index >= 15 is 0 Å². The van der Waals surface area contributed by atoms with Crippen molar-refractivity contribution in [3.63, 3.8) is 0 Å². The van der Waals surface area contributed by atoms with Crippen LogP contribution in [0, 0.1) is 5.92 Å². The number of methoxy groups -OCH3 is 2. The van der Waals surface area contributed by atoms with Crippen LogP contribution in [0.4, 0.5) is 0 Å². The van der Waals surface area contributed by atoms with Crippen molar-refractivity contribution < 1.29 is 14.3 Å². The van der Waals surface area contributed by atoms with E-state index < -0.39 is 0 Å². The van der Waals surface area contributed by atoms with Crippen molar-refractivity contribution in [3.8, 4) is 11.5 Å². The third-order valence-corrected chi connectivity index (χ3v) is 4.89. The maximum atomic E-state index is 12.3. The van der Waals surface area contributed by atoms with Crippen molar-refractivity contribution in [2.24, 2.45) is 5.92 Å². The number of rotatable bonds is 5. The molecule has 1 aromatic rings. The van der Waals surface area contributed by atoms with E-state index in [2.05, 4.69) is 21.2 Å². The lowest BCUT2D eigenvalue weighted by atomic mass is 9.89. The van der Waals surface area contributed by atoms with Gasteiger partial charge in [0.2, 0.25) is 0 Å². The Kier molecular flexibility index (Phi) is 5.91. The van der Waals surface area contributed by atoms with E-state index in [1.165, 1.54) is 12.8 Å². The number of carbonyl (C=O) groups is 1. The number of hydrogen-bond acceptors (Lipinski definition) is 3. The Morgan fingerprint density at radius 2 is 1.95 bits per heavy atom. The summed E-state index contributed by atoms with van der Waals surface area (Å²) in [4.78, 5) is 13.0. The van der Waals surface area contributed by atoms with Crippen LogP contribution >= 0.6 is 15.9 Å². The minimum absolute atomic E-state index is 0.105. The lowest BCUT2D eigenvalue weighted by Gasteiger charge is -2.25. The molecule has 0 unspecified atom stereocenters. The predicted octanol–water partition coefficient (Wildman–Crippen LogP) is 3.39. The molecule has 5 heteroatoms. The number of ether oxygens (including phenoxy) is 2. The van der Waals surface area contributed by atoms with Crippen LogP contribution in [0.1, 0.15) is 36.0 Å². The molecular formula is C16H22BrNO3. The number of alkyl halides is 1. The molecule has 1 fully saturated rings. The van der Waals surface area contributed by atoms with Gasteiger partial charge >= 0.3 is 0 Å². The van der Waals surface area contributed by atoms with Crippen LogP contribution in [-0.4, -0.2) is 31.5 Å². The van der Waals surface area contributed by atoms with Crippen molar-refractivity contribution in [1.29, 1.82) is 0 Å². The molecule has 1 aliphatic rings. The molecule has 1 N–H and O–H groups in total. The van der Waals surface area contributed by atoms with Gasteiger partial charge in [0.05, 0.1) is 19.8 Å². The first kappa shape index (κ1) is 16.1. The third kappa shape index (κ3) is 4.13. The van der Waals surface area contributed by atoms with E-state index in [-0.39, 0.29) is 5.91 Å². The quantitative estimate of drug-likeness (QED) is 0.823. The zero-order chi connectivity index (χ0) is 15.2. The molecule has 0 atom stereocenters. The highest BCUT2D eigenvalue weighted by atomic mass is 79.9. The Hall–Kier alpha value is -1.23. The summed E-state index contributed by atoms with van der Waals surface area (Å²) in [5.41, 5.74) is 0.519. The summed E-state index contributed by atoms with van der Waals surface area (Å²) < 4.78 is 10.5. The van der Waals surface area contributed by atoms with Crippen LogP contribution < -0.4 is 14.8 Å². The van der Waals surface area contributed by atoms with E-state index in [0.717, 1.165) is 19.4 Å². The predicted molar refractivity (Wildman–Crippen MR) is 86.6 cm³/mol. The van der Waals surface area contributed by atoms with E-state index in [1.54, 1.807) is 32.4 Å². The molecule has 21 heavy (non-hydrogen) atoms. The fourth-order valence-corrected chi connectivity index (χ4v) is 3.25. The number of halogens is 1. The van der Waals surface area contributed by atoms with Gasteiger partial charge in [-0.3, -0.25) is 4.79 Å². The number of nitrogens with one attached hydrogen (secondary N) is 1. The molecule has 116 valence electrons. The van der Waals surface area contributed by atoms with E-state index in [1.807, 2.05) is 0 Å². The standard InChI is InChI=1S/C16H22BrNO3/c1-20-14-5-3-4-13(15(14)21-2)16(19)18-10-11-6-8-12(17)9-7-11/h3-5,11-12H,6-10H2,1-2H3,(H,18,19). The smallest absolute Gasteiger partial charge is 0.255 e. The fourth-order valence-electron chi connectivity index (χ4n) is 2.72. The lowest BCUT2D eigenvalue weighted by Crippen LogP contribution is -2.31. The Labute approximate surface area is 134 Å². The molecule has 1 amide bonds. The third-order valence-electron chi connectivity index (χ3n) is 3.98. The van der Waals surface area contributed by atoms with Gasteiger partial charge in [-0.05, 0) is 43.7 Å². The summed E-state index contributed by atoms with van der Waals surface area (Å²) in [5, 5.41) is 3.02. The molecule has 1 aromatic carbocycles. The van der Waals surface area contributed by atoms with Gasteiger partial charge in [0.1, 0.15) is 0 Å². The number of carbonyl (C=O) groups excluding carboxylic acids is 1. The van der Waals surface area contributed by atoms with Gasteiger partial charge in [0.25, 0.3) is 5.91 Å². The molecule has 0 aliphatic heterocycles. The SMILES string of the molecule is COc1cccc(C(=O)NCC2CCC(Br)CC2)c1OC. The minimum Gasteiger partial charge on any atom is -0.493 e. The van der Waals surface area contributed by atoms with Crippen LogP contribution in [-0.2, 0) is 0 Å². The van der Waals surface area contributed by atoms with Gasteiger partial charge in [-0.15, -0.1) is 0 Å². The van der Waals surface area contributed by atoms with Crippen LogP contribution in [0.5, 0.6) is 11.5 Å². The van der Waals surface area contributed by atoms with E-state index in [9.17, 15) is 4.79 Å². The average Bonchev–Trinajstić information content (AvgIpc) is 2.53. The normalized spacial score (nSPS) is 21.7. The second-order valence-electron chi connectivity index (χ2n) is 5.37. The Morgan fingerprint density at radius 1 is 1.24 bits per heavy atom. The maximum Gasteiger partial charge on any atom is 0.255 e. The molecule has 1 saturated carbocycles. The summed E-state index contributed by atoms with van der Waals surface area (Å²) in [6, 6.07) is 5.34. The summed E-state index contributed by atoms with van der Waals surface area (Å²) in [6.07, 6.45) is 4.68. The molecular weight excluding hydrogens is 334 g/mol. The first-order valence-electron chi connectivity index (χ1n) is 7.29. The molecule has 0 aromatic heterocycles. The van der Waals surface area contributed by atoms with Crippen molar-refractivity contribution in [1.82, 2.24) is 5.32 Å². The maximum absolute atomic E-state index is 12.3. The average molecular weight is 356 g/mol. The fraction of sp³-hybridized carbons (Fsp3) is 0.562. The minimum atomic E-state index is -0.105. The number of hydrogen-bond donors (Lipinski definition) is 1. The first-order valence-corrected chi connectivity index (χ1v) is 8.20. The first-order chi connectivity index (χ1) is 10.2.